The van der Waals surface area contributed by atoms with E-state index in [4.69, 9.17) is 4.74 Å². The van der Waals surface area contributed by atoms with Gasteiger partial charge in [-0.2, -0.15) is 0 Å². The van der Waals surface area contributed by atoms with Gasteiger partial charge in [-0.1, -0.05) is 0 Å². The number of carbonyl (C=O) groups is 3. The van der Waals surface area contributed by atoms with Gasteiger partial charge in [0, 0.05) is 36.3 Å². The second kappa shape index (κ2) is 8.55. The van der Waals surface area contributed by atoms with Crippen LogP contribution in [0.15, 0.2) is 48.5 Å². The number of nitrogens with zero attached hydrogens (tertiary/aromatic N) is 1. The molecule has 0 unspecified atom stereocenters. The molecule has 27 heavy (non-hydrogen) atoms. The van der Waals surface area contributed by atoms with E-state index in [-0.39, 0.29) is 37.0 Å². The minimum Gasteiger partial charge on any atom is -0.370 e. The van der Waals surface area contributed by atoms with Crippen LogP contribution >= 0.6 is 0 Å². The lowest BCUT2D eigenvalue weighted by Crippen LogP contribution is -2.41. The maximum absolute atomic E-state index is 12.9. The summed E-state index contributed by atoms with van der Waals surface area (Å²) in [6.07, 6.45) is 0.0672. The first kappa shape index (κ1) is 18.7. The van der Waals surface area contributed by atoms with Gasteiger partial charge in [0.25, 0.3) is 5.91 Å². The number of hydrogen-bond acceptors (Lipinski definition) is 4. The zero-order valence-corrected chi connectivity index (χ0v) is 14.6. The Morgan fingerprint density at radius 1 is 1.04 bits per heavy atom. The SMILES string of the molecule is O=C(CCC(=O)c1ccc(F)cc1)Nc1ccc(N2CCOCC2=O)cc1. The fraction of sp³-hybridized carbons (Fsp3) is 0.250. The lowest BCUT2D eigenvalue weighted by Gasteiger charge is -2.26. The van der Waals surface area contributed by atoms with Crippen LogP contribution in [0.5, 0.6) is 0 Å². The molecule has 1 saturated heterocycles. The van der Waals surface area contributed by atoms with Gasteiger partial charge in [0.1, 0.15) is 12.4 Å². The van der Waals surface area contributed by atoms with E-state index in [1.807, 2.05) is 0 Å². The lowest BCUT2D eigenvalue weighted by atomic mass is 10.1. The van der Waals surface area contributed by atoms with Crippen LogP contribution in [0.4, 0.5) is 15.8 Å². The van der Waals surface area contributed by atoms with Gasteiger partial charge < -0.3 is 15.0 Å². The summed E-state index contributed by atoms with van der Waals surface area (Å²) in [4.78, 5) is 37.5. The molecule has 2 aromatic rings. The third-order valence-electron chi connectivity index (χ3n) is 4.19. The number of hydrogen-bond donors (Lipinski definition) is 1. The molecule has 1 aliphatic heterocycles. The molecule has 1 heterocycles. The van der Waals surface area contributed by atoms with Crippen molar-refractivity contribution < 1.29 is 23.5 Å². The Balaban J connectivity index is 1.51. The molecule has 0 atom stereocenters. The van der Waals surface area contributed by atoms with E-state index in [1.165, 1.54) is 24.3 Å². The summed E-state index contributed by atoms with van der Waals surface area (Å²) in [7, 11) is 0. The number of amides is 2. The number of benzene rings is 2. The van der Waals surface area contributed by atoms with Gasteiger partial charge >= 0.3 is 0 Å². The standard InChI is InChI=1S/C20H19FN2O4/c21-15-3-1-14(2-4-15)18(24)9-10-19(25)22-16-5-7-17(8-6-16)23-11-12-27-13-20(23)26/h1-8H,9-13H2,(H,22,25). The first-order chi connectivity index (χ1) is 13.0. The number of rotatable bonds is 6. The van der Waals surface area contributed by atoms with E-state index in [1.54, 1.807) is 29.2 Å². The van der Waals surface area contributed by atoms with Crippen molar-refractivity contribution in [2.45, 2.75) is 12.8 Å². The third kappa shape index (κ3) is 4.98. The Morgan fingerprint density at radius 3 is 2.41 bits per heavy atom. The van der Waals surface area contributed by atoms with E-state index in [0.717, 1.165) is 5.69 Å². The molecule has 7 heteroatoms. The Labute approximate surface area is 155 Å². The molecular weight excluding hydrogens is 351 g/mol. The van der Waals surface area contributed by atoms with Crippen LogP contribution in [-0.4, -0.2) is 37.4 Å². The number of carbonyl (C=O) groups excluding carboxylic acids is 3. The number of ketones is 1. The van der Waals surface area contributed by atoms with Crippen LogP contribution in [0, 0.1) is 5.82 Å². The highest BCUT2D eigenvalue weighted by molar-refractivity contribution is 6.00. The monoisotopic (exact) mass is 370 g/mol. The van der Waals surface area contributed by atoms with Crippen LogP contribution in [0.25, 0.3) is 0 Å². The maximum atomic E-state index is 12.9. The summed E-state index contributed by atoms with van der Waals surface area (Å²) in [5, 5.41) is 2.72. The quantitative estimate of drug-likeness (QED) is 0.794. The third-order valence-corrected chi connectivity index (χ3v) is 4.19. The second-order valence-electron chi connectivity index (χ2n) is 6.12. The lowest BCUT2D eigenvalue weighted by molar-refractivity contribution is -0.125. The Bertz CT molecular complexity index is 834. The van der Waals surface area contributed by atoms with Crippen molar-refractivity contribution in [3.8, 4) is 0 Å². The fourth-order valence-electron chi connectivity index (χ4n) is 2.75. The molecular formula is C20H19FN2O4. The molecule has 0 aromatic heterocycles. The average molecular weight is 370 g/mol. The van der Waals surface area contributed by atoms with Gasteiger partial charge in [-0.3, -0.25) is 14.4 Å². The Kier molecular flexibility index (Phi) is 5.93. The predicted molar refractivity (Wildman–Crippen MR) is 98.2 cm³/mol. The van der Waals surface area contributed by atoms with Crippen LogP contribution in [0.3, 0.4) is 0 Å². The highest BCUT2D eigenvalue weighted by Gasteiger charge is 2.20. The van der Waals surface area contributed by atoms with Gasteiger partial charge in [-0.25, -0.2) is 4.39 Å². The van der Waals surface area contributed by atoms with Crippen LogP contribution < -0.4 is 10.2 Å². The van der Waals surface area contributed by atoms with E-state index in [9.17, 15) is 18.8 Å². The molecule has 1 fully saturated rings. The maximum Gasteiger partial charge on any atom is 0.253 e. The van der Waals surface area contributed by atoms with Crippen molar-refractivity contribution in [2.75, 3.05) is 30.0 Å². The van der Waals surface area contributed by atoms with Crippen molar-refractivity contribution in [2.24, 2.45) is 0 Å². The average Bonchev–Trinajstić information content (AvgIpc) is 2.68. The number of morpholine rings is 1. The Hall–Kier alpha value is -3.06. The van der Waals surface area contributed by atoms with Crippen LogP contribution in [-0.2, 0) is 14.3 Å². The smallest absolute Gasteiger partial charge is 0.253 e. The first-order valence-corrected chi connectivity index (χ1v) is 8.60. The molecule has 0 bridgehead atoms. The van der Waals surface area contributed by atoms with E-state index < -0.39 is 5.82 Å². The zero-order chi connectivity index (χ0) is 19.2. The number of anilines is 2. The molecule has 140 valence electrons. The molecule has 1 aliphatic rings. The van der Waals surface area contributed by atoms with E-state index in [0.29, 0.717) is 24.4 Å². The highest BCUT2D eigenvalue weighted by Crippen LogP contribution is 2.20. The summed E-state index contributed by atoms with van der Waals surface area (Å²) in [5.41, 5.74) is 1.70. The highest BCUT2D eigenvalue weighted by atomic mass is 19.1. The summed E-state index contributed by atoms with van der Waals surface area (Å²) >= 11 is 0. The largest absolute Gasteiger partial charge is 0.370 e. The summed E-state index contributed by atoms with van der Waals surface area (Å²) < 4.78 is 18.0. The summed E-state index contributed by atoms with van der Waals surface area (Å²) in [6, 6.07) is 12.2. The van der Waals surface area contributed by atoms with Crippen molar-refractivity contribution in [1.29, 1.82) is 0 Å². The van der Waals surface area contributed by atoms with Gasteiger partial charge in [-0.15, -0.1) is 0 Å². The van der Waals surface area contributed by atoms with Crippen molar-refractivity contribution in [1.82, 2.24) is 0 Å². The number of ether oxygens (including phenoxy) is 1. The molecule has 0 saturated carbocycles. The number of nitrogens with one attached hydrogen (secondary N) is 1. The van der Waals surface area contributed by atoms with Gasteiger partial charge in [-0.05, 0) is 48.5 Å². The van der Waals surface area contributed by atoms with Crippen LogP contribution in [0.1, 0.15) is 23.2 Å². The van der Waals surface area contributed by atoms with Crippen molar-refractivity contribution in [3.05, 3.63) is 59.9 Å². The van der Waals surface area contributed by atoms with E-state index in [2.05, 4.69) is 5.32 Å². The molecule has 0 aliphatic carbocycles. The zero-order valence-electron chi connectivity index (χ0n) is 14.6. The minimum absolute atomic E-state index is 0.0277. The molecule has 6 nitrogen and oxygen atoms in total. The number of Topliss-reactive ketones (excluding diaryl/α,β-unsaturated/α-hetero) is 1. The normalized spacial score (nSPS) is 14.1. The van der Waals surface area contributed by atoms with Crippen molar-refractivity contribution in [3.63, 3.8) is 0 Å². The molecule has 0 spiro atoms. The first-order valence-electron chi connectivity index (χ1n) is 8.60. The molecule has 0 radical (unpaired) electrons. The minimum atomic E-state index is -0.411. The fourth-order valence-corrected chi connectivity index (χ4v) is 2.75. The second-order valence-corrected chi connectivity index (χ2v) is 6.12. The topological polar surface area (TPSA) is 75.7 Å². The van der Waals surface area contributed by atoms with E-state index >= 15 is 0 Å². The molecule has 2 amide bonds. The van der Waals surface area contributed by atoms with Gasteiger partial charge in [0.2, 0.25) is 5.91 Å². The molecule has 2 aromatic carbocycles. The van der Waals surface area contributed by atoms with Gasteiger partial charge in [0.05, 0.1) is 6.61 Å². The summed E-state index contributed by atoms with van der Waals surface area (Å²) in [6.45, 7) is 1.06. The Morgan fingerprint density at radius 2 is 1.74 bits per heavy atom. The van der Waals surface area contributed by atoms with Crippen LogP contribution in [0.2, 0.25) is 0 Å². The number of halogens is 1. The summed E-state index contributed by atoms with van der Waals surface area (Å²) in [5.74, 6) is -1.02. The molecule has 3 rings (SSSR count). The van der Waals surface area contributed by atoms with Crippen molar-refractivity contribution >= 4 is 29.0 Å². The predicted octanol–water partition coefficient (Wildman–Crippen LogP) is 2.79. The molecule has 1 N–H and O–H groups in total. The van der Waals surface area contributed by atoms with Gasteiger partial charge in [0.15, 0.2) is 5.78 Å².